The van der Waals surface area contributed by atoms with Crippen molar-refractivity contribution in [3.63, 3.8) is 0 Å². The molecule has 0 radical (unpaired) electrons. The van der Waals surface area contributed by atoms with Crippen LogP contribution in [0.15, 0.2) is 0 Å². The zero-order chi connectivity index (χ0) is 8.93. The van der Waals surface area contributed by atoms with Crippen molar-refractivity contribution in [3.05, 3.63) is 0 Å². The fraction of sp³-hybridized carbons (Fsp3) is 1.00. The molecule has 0 bridgehead atoms. The summed E-state index contributed by atoms with van der Waals surface area (Å²) in [5, 5.41) is 0. The highest BCUT2D eigenvalue weighted by molar-refractivity contribution is 7.97. The third-order valence-corrected chi connectivity index (χ3v) is 8.29. The van der Waals surface area contributed by atoms with Crippen LogP contribution in [-0.4, -0.2) is 34.5 Å². The van der Waals surface area contributed by atoms with Crippen molar-refractivity contribution in [2.45, 2.75) is 32.1 Å². The Balaban J connectivity index is 1.52. The van der Waals surface area contributed by atoms with Crippen molar-refractivity contribution >= 4 is 21.8 Å². The molecule has 2 aliphatic rings. The second-order valence-electron chi connectivity index (χ2n) is 4.22. The van der Waals surface area contributed by atoms with E-state index in [0.29, 0.717) is 0 Å². The highest BCUT2D eigenvalue weighted by atomic mass is 32.2. The maximum absolute atomic E-state index is 1.59. The van der Waals surface area contributed by atoms with Gasteiger partial charge in [0.1, 0.15) is 34.5 Å². The molecule has 13 heavy (non-hydrogen) atoms. The van der Waals surface area contributed by atoms with Crippen LogP contribution in [-0.2, 0) is 21.8 Å². The summed E-state index contributed by atoms with van der Waals surface area (Å²) in [4.78, 5) is 0. The zero-order valence-corrected chi connectivity index (χ0v) is 10.2. The van der Waals surface area contributed by atoms with E-state index < -0.39 is 0 Å². The summed E-state index contributed by atoms with van der Waals surface area (Å²) in [6.07, 6.45) is 7.71. The molecular formula is C11H22S2+2. The topological polar surface area (TPSA) is 0 Å². The van der Waals surface area contributed by atoms with E-state index in [-0.39, 0.29) is 0 Å². The summed E-state index contributed by atoms with van der Waals surface area (Å²) >= 11 is 0. The molecule has 0 aromatic carbocycles. The average Bonchev–Trinajstić information content (AvgIpc) is 2.75. The van der Waals surface area contributed by atoms with E-state index in [0.717, 1.165) is 21.8 Å². The fourth-order valence-corrected chi connectivity index (χ4v) is 7.27. The first-order valence-corrected chi connectivity index (χ1v) is 9.20. The first kappa shape index (κ1) is 10.2. The van der Waals surface area contributed by atoms with Crippen LogP contribution in [0.5, 0.6) is 0 Å². The summed E-state index contributed by atoms with van der Waals surface area (Å²) in [5.74, 6) is 9.48. The van der Waals surface area contributed by atoms with Crippen LogP contribution in [0.4, 0.5) is 0 Å². The van der Waals surface area contributed by atoms with Crippen molar-refractivity contribution < 1.29 is 0 Å². The molecule has 0 nitrogen and oxygen atoms in total. The van der Waals surface area contributed by atoms with Gasteiger partial charge in [-0.15, -0.1) is 0 Å². The van der Waals surface area contributed by atoms with E-state index in [1.54, 1.807) is 40.9 Å². The Morgan fingerprint density at radius 3 is 1.38 bits per heavy atom. The molecule has 2 saturated heterocycles. The molecule has 0 aromatic heterocycles. The van der Waals surface area contributed by atoms with E-state index >= 15 is 0 Å². The largest absolute Gasteiger partial charge is 0.112 e. The molecule has 2 heterocycles. The maximum atomic E-state index is 1.59. The summed E-state index contributed by atoms with van der Waals surface area (Å²) in [6, 6.07) is 0. The van der Waals surface area contributed by atoms with Crippen LogP contribution in [0.1, 0.15) is 32.1 Å². The van der Waals surface area contributed by atoms with Gasteiger partial charge in [-0.3, -0.25) is 0 Å². The van der Waals surface area contributed by atoms with Crippen molar-refractivity contribution in [3.8, 4) is 0 Å². The highest BCUT2D eigenvalue weighted by Crippen LogP contribution is 2.17. The van der Waals surface area contributed by atoms with Gasteiger partial charge in [0, 0.05) is 6.42 Å². The number of rotatable bonds is 4. The first-order valence-electron chi connectivity index (χ1n) is 5.73. The maximum Gasteiger partial charge on any atom is 0.112 e. The van der Waals surface area contributed by atoms with Crippen molar-refractivity contribution in [1.82, 2.24) is 0 Å². The second-order valence-corrected chi connectivity index (χ2v) is 9.12. The Morgan fingerprint density at radius 2 is 1.00 bits per heavy atom. The second kappa shape index (κ2) is 5.55. The lowest BCUT2D eigenvalue weighted by Gasteiger charge is -2.01. The molecule has 0 N–H and O–H groups in total. The van der Waals surface area contributed by atoms with E-state index in [1.807, 2.05) is 0 Å². The molecule has 2 heteroatoms. The SMILES string of the molecule is C1CC[S+](CCC[S+]2CCCC2)C1. The Bertz CT molecular complexity index is 119. The predicted molar refractivity (Wildman–Crippen MR) is 67.0 cm³/mol. The Hall–Kier alpha value is 0.700. The molecule has 2 aliphatic heterocycles. The third-order valence-electron chi connectivity index (χ3n) is 3.10. The van der Waals surface area contributed by atoms with Crippen molar-refractivity contribution in [1.29, 1.82) is 0 Å². The van der Waals surface area contributed by atoms with Gasteiger partial charge < -0.3 is 0 Å². The molecule has 0 aliphatic carbocycles. The normalized spacial score (nSPS) is 25.8. The lowest BCUT2D eigenvalue weighted by Crippen LogP contribution is -2.15. The van der Waals surface area contributed by atoms with Gasteiger partial charge in [0.05, 0.1) is 0 Å². The van der Waals surface area contributed by atoms with Gasteiger partial charge in [0.15, 0.2) is 0 Å². The minimum absolute atomic E-state index is 0.877. The molecular weight excluding hydrogens is 196 g/mol. The predicted octanol–water partition coefficient (Wildman–Crippen LogP) is 2.20. The average molecular weight is 218 g/mol. The molecule has 0 amide bonds. The van der Waals surface area contributed by atoms with Crippen LogP contribution < -0.4 is 0 Å². The summed E-state index contributed by atoms with van der Waals surface area (Å²) in [6.45, 7) is 0. The number of hydrogen-bond donors (Lipinski definition) is 0. The molecule has 76 valence electrons. The molecule has 0 atom stereocenters. The van der Waals surface area contributed by atoms with Gasteiger partial charge in [-0.1, -0.05) is 0 Å². The minimum Gasteiger partial charge on any atom is -0.0127 e. The van der Waals surface area contributed by atoms with Crippen molar-refractivity contribution in [2.24, 2.45) is 0 Å². The Labute approximate surface area is 88.6 Å². The van der Waals surface area contributed by atoms with Gasteiger partial charge in [-0.05, 0) is 47.5 Å². The summed E-state index contributed by atoms with van der Waals surface area (Å²) in [5.41, 5.74) is 0. The van der Waals surface area contributed by atoms with E-state index in [1.165, 1.54) is 25.7 Å². The minimum atomic E-state index is 0.877. The lowest BCUT2D eigenvalue weighted by atomic mass is 10.4. The Morgan fingerprint density at radius 1 is 0.615 bits per heavy atom. The fourth-order valence-electron chi connectivity index (χ4n) is 2.30. The van der Waals surface area contributed by atoms with Crippen LogP contribution >= 0.6 is 0 Å². The van der Waals surface area contributed by atoms with Gasteiger partial charge in [-0.25, -0.2) is 0 Å². The van der Waals surface area contributed by atoms with E-state index in [4.69, 9.17) is 0 Å². The van der Waals surface area contributed by atoms with Crippen LogP contribution in [0.25, 0.3) is 0 Å². The third kappa shape index (κ3) is 3.39. The monoisotopic (exact) mass is 218 g/mol. The van der Waals surface area contributed by atoms with Gasteiger partial charge in [0.2, 0.25) is 0 Å². The summed E-state index contributed by atoms with van der Waals surface area (Å²) < 4.78 is 0. The highest BCUT2D eigenvalue weighted by Gasteiger charge is 2.27. The Kier molecular flexibility index (Phi) is 4.36. The molecule has 0 aromatic rings. The first-order chi connectivity index (χ1) is 6.45. The van der Waals surface area contributed by atoms with Crippen LogP contribution in [0.2, 0.25) is 0 Å². The van der Waals surface area contributed by atoms with Crippen LogP contribution in [0, 0.1) is 0 Å². The van der Waals surface area contributed by atoms with Gasteiger partial charge in [0.25, 0.3) is 0 Å². The van der Waals surface area contributed by atoms with Gasteiger partial charge in [-0.2, -0.15) is 0 Å². The molecule has 0 spiro atoms. The molecule has 0 unspecified atom stereocenters. The lowest BCUT2D eigenvalue weighted by molar-refractivity contribution is 0.949. The quantitative estimate of drug-likeness (QED) is 0.635. The molecule has 2 fully saturated rings. The number of hydrogen-bond acceptors (Lipinski definition) is 0. The van der Waals surface area contributed by atoms with Gasteiger partial charge >= 0.3 is 0 Å². The van der Waals surface area contributed by atoms with Crippen LogP contribution in [0.3, 0.4) is 0 Å². The molecule has 0 saturated carbocycles. The van der Waals surface area contributed by atoms with E-state index in [2.05, 4.69) is 0 Å². The van der Waals surface area contributed by atoms with Crippen molar-refractivity contribution in [2.75, 3.05) is 34.5 Å². The zero-order valence-electron chi connectivity index (χ0n) is 8.59. The standard InChI is InChI=1S/C11H22S2/c1-2-7-12(6-1)10-5-11-13-8-3-4-9-13/h1-11H2/q+2. The summed E-state index contributed by atoms with van der Waals surface area (Å²) in [7, 11) is 1.75. The molecule has 2 rings (SSSR count). The smallest absolute Gasteiger partial charge is 0.0127 e. The van der Waals surface area contributed by atoms with E-state index in [9.17, 15) is 0 Å².